The summed E-state index contributed by atoms with van der Waals surface area (Å²) in [6.07, 6.45) is 3.64. The molecule has 0 radical (unpaired) electrons. The Bertz CT molecular complexity index is 679. The Morgan fingerprint density at radius 1 is 1.24 bits per heavy atom. The van der Waals surface area contributed by atoms with Gasteiger partial charge in [-0.05, 0) is 58.8 Å². The summed E-state index contributed by atoms with van der Waals surface area (Å²) in [5, 5.41) is 0. The van der Waals surface area contributed by atoms with Crippen molar-refractivity contribution in [3.63, 3.8) is 0 Å². The first-order valence-electron chi connectivity index (χ1n) is 6.90. The van der Waals surface area contributed by atoms with E-state index in [1.165, 1.54) is 25.3 Å². The van der Waals surface area contributed by atoms with Gasteiger partial charge in [0, 0.05) is 33.8 Å². The van der Waals surface area contributed by atoms with Gasteiger partial charge in [0.05, 0.1) is 4.90 Å². The van der Waals surface area contributed by atoms with Crippen LogP contribution < -0.4 is 0 Å². The Hall–Kier alpha value is -0.590. The maximum Gasteiger partial charge on any atom is 0.262 e. The molecule has 1 aromatic carbocycles. The zero-order valence-electron chi connectivity index (χ0n) is 11.3. The topological polar surface area (TPSA) is 54.5 Å². The summed E-state index contributed by atoms with van der Waals surface area (Å²) in [6.45, 7) is 1.56. The van der Waals surface area contributed by atoms with E-state index >= 15 is 0 Å². The third-order valence-electron chi connectivity index (χ3n) is 4.45. The van der Waals surface area contributed by atoms with Crippen LogP contribution in [-0.2, 0) is 9.05 Å². The molecule has 2 unspecified atom stereocenters. The Morgan fingerprint density at radius 2 is 1.86 bits per heavy atom. The smallest absolute Gasteiger partial charge is 0.262 e. The minimum atomic E-state index is -3.87. The quantitative estimate of drug-likeness (QED) is 0.726. The van der Waals surface area contributed by atoms with Crippen LogP contribution in [0, 0.1) is 11.8 Å². The molecule has 3 rings (SSSR count). The van der Waals surface area contributed by atoms with Crippen molar-refractivity contribution in [3.05, 3.63) is 28.2 Å². The SMILES string of the molecule is O=C(c1ccc(Br)c(S(=O)(=O)Cl)c1)N1CC2CCCC2C1. The molecule has 1 amide bonds. The van der Waals surface area contributed by atoms with Crippen molar-refractivity contribution in [1.82, 2.24) is 4.90 Å². The average molecular weight is 393 g/mol. The Labute approximate surface area is 137 Å². The predicted molar refractivity (Wildman–Crippen MR) is 83.9 cm³/mol. The van der Waals surface area contributed by atoms with E-state index < -0.39 is 9.05 Å². The molecule has 1 aliphatic heterocycles. The van der Waals surface area contributed by atoms with Crippen LogP contribution in [-0.4, -0.2) is 32.3 Å². The Morgan fingerprint density at radius 3 is 2.43 bits per heavy atom. The first-order valence-corrected chi connectivity index (χ1v) is 10.00. The first kappa shape index (κ1) is 15.3. The molecular weight excluding hydrogens is 378 g/mol. The maximum absolute atomic E-state index is 12.5. The zero-order valence-corrected chi connectivity index (χ0v) is 14.4. The summed E-state index contributed by atoms with van der Waals surface area (Å²) in [6, 6.07) is 4.54. The second-order valence-corrected chi connectivity index (χ2v) is 9.13. The number of nitrogens with zero attached hydrogens (tertiary/aromatic N) is 1. The highest BCUT2D eigenvalue weighted by molar-refractivity contribution is 9.10. The lowest BCUT2D eigenvalue weighted by Crippen LogP contribution is -2.29. The number of amides is 1. The number of likely N-dealkylation sites (tertiary alicyclic amines) is 1. The summed E-state index contributed by atoms with van der Waals surface area (Å²) in [7, 11) is 1.52. The normalized spacial score (nSPS) is 25.1. The van der Waals surface area contributed by atoms with Crippen molar-refractivity contribution >= 4 is 41.6 Å². The fourth-order valence-corrected chi connectivity index (χ4v) is 5.52. The molecule has 0 spiro atoms. The van der Waals surface area contributed by atoms with Gasteiger partial charge < -0.3 is 4.90 Å². The molecule has 7 heteroatoms. The molecule has 1 saturated carbocycles. The second kappa shape index (κ2) is 5.56. The van der Waals surface area contributed by atoms with Gasteiger partial charge in [-0.25, -0.2) is 8.42 Å². The molecule has 1 heterocycles. The van der Waals surface area contributed by atoms with E-state index in [0.717, 1.165) is 13.1 Å². The van der Waals surface area contributed by atoms with Crippen LogP contribution in [0.1, 0.15) is 29.6 Å². The van der Waals surface area contributed by atoms with Crippen LogP contribution in [0.25, 0.3) is 0 Å². The van der Waals surface area contributed by atoms with Crippen LogP contribution in [0.5, 0.6) is 0 Å². The van der Waals surface area contributed by atoms with Gasteiger partial charge >= 0.3 is 0 Å². The highest BCUT2D eigenvalue weighted by Crippen LogP contribution is 2.38. The van der Waals surface area contributed by atoms with Crippen molar-refractivity contribution in [1.29, 1.82) is 0 Å². The van der Waals surface area contributed by atoms with Crippen molar-refractivity contribution in [2.24, 2.45) is 11.8 Å². The van der Waals surface area contributed by atoms with E-state index in [1.807, 2.05) is 4.90 Å². The summed E-state index contributed by atoms with van der Waals surface area (Å²) >= 11 is 3.15. The number of rotatable bonds is 2. The molecule has 2 fully saturated rings. The van der Waals surface area contributed by atoms with Gasteiger partial charge in [0.15, 0.2) is 0 Å². The summed E-state index contributed by atoms with van der Waals surface area (Å²) in [5.74, 6) is 1.11. The molecule has 1 aliphatic carbocycles. The van der Waals surface area contributed by atoms with E-state index in [2.05, 4.69) is 15.9 Å². The van der Waals surface area contributed by atoms with Gasteiger partial charge in [-0.15, -0.1) is 0 Å². The summed E-state index contributed by atoms with van der Waals surface area (Å²) < 4.78 is 23.4. The molecule has 0 aromatic heterocycles. The predicted octanol–water partition coefficient (Wildman–Crippen LogP) is 3.25. The third kappa shape index (κ3) is 2.98. The fourth-order valence-electron chi connectivity index (χ4n) is 3.41. The fraction of sp³-hybridized carbons (Fsp3) is 0.500. The maximum atomic E-state index is 12.5. The van der Waals surface area contributed by atoms with Crippen molar-refractivity contribution in [2.45, 2.75) is 24.2 Å². The number of carbonyl (C=O) groups excluding carboxylic acids is 1. The minimum absolute atomic E-state index is 0.0607. The van der Waals surface area contributed by atoms with Crippen LogP contribution in [0.15, 0.2) is 27.6 Å². The van der Waals surface area contributed by atoms with Gasteiger partial charge in [0.2, 0.25) is 0 Å². The molecule has 2 atom stereocenters. The highest BCUT2D eigenvalue weighted by atomic mass is 79.9. The average Bonchev–Trinajstić information content (AvgIpc) is 2.97. The van der Waals surface area contributed by atoms with Gasteiger partial charge in [0.25, 0.3) is 15.0 Å². The van der Waals surface area contributed by atoms with Gasteiger partial charge in [0.1, 0.15) is 0 Å². The van der Waals surface area contributed by atoms with Crippen LogP contribution in [0.3, 0.4) is 0 Å². The first-order chi connectivity index (χ1) is 9.86. The number of hydrogen-bond donors (Lipinski definition) is 0. The molecule has 114 valence electrons. The van der Waals surface area contributed by atoms with Gasteiger partial charge in [-0.1, -0.05) is 6.42 Å². The van der Waals surface area contributed by atoms with Crippen LogP contribution >= 0.6 is 26.6 Å². The lowest BCUT2D eigenvalue weighted by Gasteiger charge is -2.17. The summed E-state index contributed by atoms with van der Waals surface area (Å²) in [5.41, 5.74) is 0.373. The van der Waals surface area contributed by atoms with E-state index in [9.17, 15) is 13.2 Å². The van der Waals surface area contributed by atoms with Crippen LogP contribution in [0.2, 0.25) is 0 Å². The Balaban J connectivity index is 1.86. The number of fused-ring (bicyclic) bond motifs is 1. The van der Waals surface area contributed by atoms with Gasteiger partial charge in [-0.3, -0.25) is 4.79 Å². The zero-order chi connectivity index (χ0) is 15.2. The van der Waals surface area contributed by atoms with Gasteiger partial charge in [-0.2, -0.15) is 0 Å². The van der Waals surface area contributed by atoms with Crippen molar-refractivity contribution < 1.29 is 13.2 Å². The summed E-state index contributed by atoms with van der Waals surface area (Å²) in [4.78, 5) is 14.3. The van der Waals surface area contributed by atoms with E-state index in [0.29, 0.717) is 21.9 Å². The standard InChI is InChI=1S/C14H15BrClNO3S/c15-12-5-4-9(6-13(12)21(16,19)20)14(18)17-7-10-2-1-3-11(10)8-17/h4-6,10-11H,1-3,7-8H2. The minimum Gasteiger partial charge on any atom is -0.338 e. The lowest BCUT2D eigenvalue weighted by atomic mass is 10.0. The molecule has 2 aliphatic rings. The third-order valence-corrected chi connectivity index (χ3v) is 6.77. The molecule has 1 aromatic rings. The number of carbonyl (C=O) groups is 1. The molecule has 0 bridgehead atoms. The van der Waals surface area contributed by atoms with E-state index in [4.69, 9.17) is 10.7 Å². The molecular formula is C14H15BrClNO3S. The monoisotopic (exact) mass is 391 g/mol. The van der Waals surface area contributed by atoms with E-state index in [-0.39, 0.29) is 10.8 Å². The second-order valence-electron chi connectivity index (χ2n) is 5.74. The number of hydrogen-bond acceptors (Lipinski definition) is 3. The van der Waals surface area contributed by atoms with Crippen molar-refractivity contribution in [3.8, 4) is 0 Å². The molecule has 1 saturated heterocycles. The molecule has 21 heavy (non-hydrogen) atoms. The highest BCUT2D eigenvalue weighted by Gasteiger charge is 2.38. The molecule has 0 N–H and O–H groups in total. The van der Waals surface area contributed by atoms with Crippen LogP contribution in [0.4, 0.5) is 0 Å². The van der Waals surface area contributed by atoms with Crippen molar-refractivity contribution in [2.75, 3.05) is 13.1 Å². The largest absolute Gasteiger partial charge is 0.338 e. The lowest BCUT2D eigenvalue weighted by molar-refractivity contribution is 0.0780. The number of halogens is 2. The number of benzene rings is 1. The van der Waals surface area contributed by atoms with E-state index in [1.54, 1.807) is 12.1 Å². The Kier molecular flexibility index (Phi) is 4.05. The molecule has 4 nitrogen and oxygen atoms in total.